The van der Waals surface area contributed by atoms with E-state index in [1.165, 1.54) is 22.2 Å². The van der Waals surface area contributed by atoms with E-state index in [2.05, 4.69) is 50.9 Å². The molecule has 174 valence electrons. The second-order valence-electron chi connectivity index (χ2n) is 8.74. The fraction of sp³-hybridized carbons (Fsp3) is 0.346. The third kappa shape index (κ3) is 6.71. The van der Waals surface area contributed by atoms with Gasteiger partial charge in [-0.05, 0) is 60.7 Å². The number of amides is 1. The Labute approximate surface area is 199 Å². The molecule has 0 N–H and O–H groups in total. The first-order valence-electron chi connectivity index (χ1n) is 10.9. The summed E-state index contributed by atoms with van der Waals surface area (Å²) in [5.74, 6) is -0.694. The van der Waals surface area contributed by atoms with Crippen molar-refractivity contribution in [2.75, 3.05) is 13.2 Å². The molecule has 0 bridgehead atoms. The molecule has 0 aliphatic heterocycles. The summed E-state index contributed by atoms with van der Waals surface area (Å²) < 4.78 is 10.9. The van der Waals surface area contributed by atoms with Crippen molar-refractivity contribution in [3.05, 3.63) is 77.3 Å². The van der Waals surface area contributed by atoms with Crippen LogP contribution in [-0.4, -0.2) is 34.9 Å². The van der Waals surface area contributed by atoms with Gasteiger partial charge >= 0.3 is 5.97 Å². The first kappa shape index (κ1) is 24.6. The van der Waals surface area contributed by atoms with E-state index in [4.69, 9.17) is 9.15 Å². The van der Waals surface area contributed by atoms with E-state index >= 15 is 0 Å². The summed E-state index contributed by atoms with van der Waals surface area (Å²) in [5.41, 5.74) is 3.07. The summed E-state index contributed by atoms with van der Waals surface area (Å²) >= 11 is 1.48. The number of carbonyl (C=O) groups excluding carboxylic acids is 2. The van der Waals surface area contributed by atoms with Crippen LogP contribution in [0.4, 0.5) is 0 Å². The van der Waals surface area contributed by atoms with E-state index in [1.807, 2.05) is 6.07 Å². The molecule has 33 heavy (non-hydrogen) atoms. The number of ether oxygens (including phenoxy) is 1. The predicted octanol–water partition coefficient (Wildman–Crippen LogP) is 5.64. The molecule has 7 heteroatoms. The van der Waals surface area contributed by atoms with Crippen LogP contribution >= 0.6 is 11.8 Å². The summed E-state index contributed by atoms with van der Waals surface area (Å²) in [4.78, 5) is 32.0. The maximum absolute atomic E-state index is 13.2. The third-order valence-corrected chi connectivity index (χ3v) is 6.13. The Balaban J connectivity index is 1.80. The van der Waals surface area contributed by atoms with Crippen molar-refractivity contribution in [1.82, 2.24) is 9.88 Å². The van der Waals surface area contributed by atoms with Crippen molar-refractivity contribution in [1.29, 1.82) is 0 Å². The van der Waals surface area contributed by atoms with Crippen LogP contribution in [0.3, 0.4) is 0 Å². The summed E-state index contributed by atoms with van der Waals surface area (Å²) in [6.45, 7) is 10.6. The quantitative estimate of drug-likeness (QED) is 0.400. The number of rotatable bonds is 8. The Bertz CT molecular complexity index is 1100. The number of nitrogens with zero attached hydrogens (tertiary/aromatic N) is 2. The lowest BCUT2D eigenvalue weighted by atomic mass is 9.87. The summed E-state index contributed by atoms with van der Waals surface area (Å²) in [7, 11) is 0. The highest BCUT2D eigenvalue weighted by molar-refractivity contribution is 7.99. The average molecular weight is 467 g/mol. The number of aryl methyl sites for hydroxylation is 1. The van der Waals surface area contributed by atoms with Crippen LogP contribution in [0.5, 0.6) is 0 Å². The number of hydrogen-bond acceptors (Lipinski definition) is 6. The number of hydrogen-bond donors (Lipinski definition) is 0. The molecule has 0 saturated heterocycles. The summed E-state index contributed by atoms with van der Waals surface area (Å²) in [6, 6.07) is 15.3. The highest BCUT2D eigenvalue weighted by Gasteiger charge is 2.24. The molecule has 2 heterocycles. The monoisotopic (exact) mass is 466 g/mol. The molecule has 0 spiro atoms. The molecular weight excluding hydrogens is 436 g/mol. The van der Waals surface area contributed by atoms with Crippen molar-refractivity contribution >= 4 is 23.6 Å². The van der Waals surface area contributed by atoms with Gasteiger partial charge in [0.15, 0.2) is 10.9 Å². The van der Waals surface area contributed by atoms with Gasteiger partial charge in [-0.15, -0.1) is 0 Å². The average Bonchev–Trinajstić information content (AvgIpc) is 3.23. The van der Waals surface area contributed by atoms with E-state index in [1.54, 1.807) is 37.4 Å². The van der Waals surface area contributed by atoms with Crippen LogP contribution in [-0.2, 0) is 21.5 Å². The minimum absolute atomic E-state index is 0.0341. The largest absolute Gasteiger partial charge is 0.465 e. The molecule has 0 atom stereocenters. The van der Waals surface area contributed by atoms with Crippen LogP contribution in [0.1, 0.15) is 55.1 Å². The molecule has 0 radical (unpaired) electrons. The molecule has 2 aromatic heterocycles. The Morgan fingerprint density at radius 3 is 2.58 bits per heavy atom. The number of carbonyl (C=O) groups is 2. The molecule has 0 aliphatic rings. The number of pyridine rings is 1. The summed E-state index contributed by atoms with van der Waals surface area (Å²) in [5, 5.41) is 0.612. The zero-order chi connectivity index (χ0) is 24.0. The molecule has 0 fully saturated rings. The molecule has 0 unspecified atom stereocenters. The highest BCUT2D eigenvalue weighted by atomic mass is 32.2. The van der Waals surface area contributed by atoms with Gasteiger partial charge in [-0.25, -0.2) is 0 Å². The molecule has 0 aliphatic carbocycles. The Hall–Kier alpha value is -3.06. The minimum Gasteiger partial charge on any atom is -0.465 e. The van der Waals surface area contributed by atoms with Crippen LogP contribution in [0, 0.1) is 6.92 Å². The second-order valence-corrected chi connectivity index (χ2v) is 9.78. The normalized spacial score (nSPS) is 11.3. The Kier molecular flexibility index (Phi) is 7.97. The van der Waals surface area contributed by atoms with E-state index in [9.17, 15) is 9.59 Å². The third-order valence-electron chi connectivity index (χ3n) is 5.05. The van der Waals surface area contributed by atoms with Crippen molar-refractivity contribution in [3.63, 3.8) is 0 Å². The zero-order valence-electron chi connectivity index (χ0n) is 19.8. The predicted molar refractivity (Wildman–Crippen MR) is 128 cm³/mol. The van der Waals surface area contributed by atoms with Crippen LogP contribution in [0.2, 0.25) is 0 Å². The van der Waals surface area contributed by atoms with Gasteiger partial charge < -0.3 is 14.1 Å². The lowest BCUT2D eigenvalue weighted by Crippen LogP contribution is -2.36. The molecule has 6 nitrogen and oxygen atoms in total. The van der Waals surface area contributed by atoms with E-state index in [-0.39, 0.29) is 36.8 Å². The van der Waals surface area contributed by atoms with Gasteiger partial charge in [0.05, 0.1) is 18.8 Å². The van der Waals surface area contributed by atoms with Crippen molar-refractivity contribution in [3.8, 4) is 0 Å². The molecule has 3 aromatic rings. The fourth-order valence-corrected chi connectivity index (χ4v) is 4.08. The smallest absolute Gasteiger partial charge is 0.325 e. The van der Waals surface area contributed by atoms with Crippen LogP contribution < -0.4 is 0 Å². The van der Waals surface area contributed by atoms with Gasteiger partial charge in [0, 0.05) is 11.1 Å². The Morgan fingerprint density at radius 2 is 1.91 bits per heavy atom. The first-order valence-corrected chi connectivity index (χ1v) is 11.7. The van der Waals surface area contributed by atoms with Crippen molar-refractivity contribution in [2.45, 2.75) is 56.6 Å². The van der Waals surface area contributed by atoms with Crippen LogP contribution in [0.15, 0.2) is 69.1 Å². The van der Waals surface area contributed by atoms with Crippen molar-refractivity contribution < 1.29 is 18.7 Å². The highest BCUT2D eigenvalue weighted by Crippen LogP contribution is 2.35. The number of esters is 1. The van der Waals surface area contributed by atoms with Crippen LogP contribution in [0.25, 0.3) is 0 Å². The molecule has 3 rings (SSSR count). The second kappa shape index (κ2) is 10.7. The number of furan rings is 1. The SMILES string of the molecule is CCOC(=O)CN(Cc1ccccn1)C(=O)c1ccc(Sc2cc(C(C)(C)C)ccc2C)o1. The molecule has 1 amide bonds. The standard InChI is InChI=1S/C26H30N2O4S/c1-6-31-23(29)17-28(16-20-9-7-8-14-27-20)25(30)21-12-13-24(32-21)33-22-15-19(26(3,4)5)11-10-18(22)2/h7-15H,6,16-17H2,1-5H3. The topological polar surface area (TPSA) is 72.6 Å². The first-order chi connectivity index (χ1) is 15.7. The molecular formula is C26H30N2O4S. The van der Waals surface area contributed by atoms with Gasteiger partial charge in [0.1, 0.15) is 6.54 Å². The maximum Gasteiger partial charge on any atom is 0.325 e. The zero-order valence-corrected chi connectivity index (χ0v) is 20.6. The maximum atomic E-state index is 13.2. The van der Waals surface area contributed by atoms with E-state index in [0.29, 0.717) is 10.8 Å². The molecule has 1 aromatic carbocycles. The fourth-order valence-electron chi connectivity index (χ4n) is 3.18. The Morgan fingerprint density at radius 1 is 1.12 bits per heavy atom. The van der Waals surface area contributed by atoms with Gasteiger partial charge in [-0.3, -0.25) is 14.6 Å². The van der Waals surface area contributed by atoms with Gasteiger partial charge in [0.25, 0.3) is 5.91 Å². The van der Waals surface area contributed by atoms with E-state index < -0.39 is 5.97 Å². The van der Waals surface area contributed by atoms with Gasteiger partial charge in [-0.1, -0.05) is 50.7 Å². The number of benzene rings is 1. The summed E-state index contributed by atoms with van der Waals surface area (Å²) in [6.07, 6.45) is 1.65. The van der Waals surface area contributed by atoms with E-state index in [0.717, 1.165) is 10.5 Å². The van der Waals surface area contributed by atoms with Gasteiger partial charge in [0.2, 0.25) is 0 Å². The van der Waals surface area contributed by atoms with Crippen molar-refractivity contribution in [2.24, 2.45) is 0 Å². The number of aromatic nitrogens is 1. The lowest BCUT2D eigenvalue weighted by Gasteiger charge is -2.20. The van der Waals surface area contributed by atoms with Gasteiger partial charge in [-0.2, -0.15) is 0 Å². The molecule has 0 saturated carbocycles. The lowest BCUT2D eigenvalue weighted by molar-refractivity contribution is -0.144. The minimum atomic E-state index is -0.474.